The highest BCUT2D eigenvalue weighted by Gasteiger charge is 2.18. The molecule has 0 aliphatic heterocycles. The zero-order valence-corrected chi connectivity index (χ0v) is 18.1. The van der Waals surface area contributed by atoms with Gasteiger partial charge in [-0.15, -0.1) is 11.3 Å². The molecule has 0 spiro atoms. The van der Waals surface area contributed by atoms with Crippen molar-refractivity contribution in [3.8, 4) is 10.4 Å². The van der Waals surface area contributed by atoms with Crippen LogP contribution in [0.4, 0.5) is 0 Å². The Bertz CT molecular complexity index is 1270. The largest absolute Gasteiger partial charge is 0.340 e. The van der Waals surface area contributed by atoms with Gasteiger partial charge in [0.25, 0.3) is 5.56 Å². The molecular formula is C24H23N3O2S. The molecule has 30 heavy (non-hydrogen) atoms. The van der Waals surface area contributed by atoms with E-state index in [4.69, 9.17) is 0 Å². The number of fused-ring (bicyclic) bond motifs is 1. The molecule has 152 valence electrons. The Labute approximate surface area is 179 Å². The first-order valence-corrected chi connectivity index (χ1v) is 10.6. The molecule has 0 radical (unpaired) electrons. The summed E-state index contributed by atoms with van der Waals surface area (Å²) in [5.74, 6) is -0.127. The monoisotopic (exact) mass is 417 g/mol. The Morgan fingerprint density at radius 1 is 1.07 bits per heavy atom. The summed E-state index contributed by atoms with van der Waals surface area (Å²) in [6.45, 7) is 4.45. The van der Waals surface area contributed by atoms with Crippen LogP contribution in [0.2, 0.25) is 0 Å². The number of amides is 1. The van der Waals surface area contributed by atoms with Crippen LogP contribution in [0, 0.1) is 13.8 Å². The third-order valence-electron chi connectivity index (χ3n) is 5.35. The number of aromatic nitrogens is 2. The van der Waals surface area contributed by atoms with Crippen LogP contribution in [-0.2, 0) is 17.9 Å². The highest BCUT2D eigenvalue weighted by atomic mass is 32.1. The van der Waals surface area contributed by atoms with E-state index >= 15 is 0 Å². The first kappa shape index (κ1) is 20.0. The molecule has 4 aromatic rings. The summed E-state index contributed by atoms with van der Waals surface area (Å²) >= 11 is 1.51. The summed E-state index contributed by atoms with van der Waals surface area (Å²) in [4.78, 5) is 33.8. The molecule has 0 bridgehead atoms. The summed E-state index contributed by atoms with van der Waals surface area (Å²) in [5.41, 5.74) is 4.04. The van der Waals surface area contributed by atoms with Crippen LogP contribution in [-0.4, -0.2) is 27.4 Å². The van der Waals surface area contributed by atoms with Crippen molar-refractivity contribution in [3.63, 3.8) is 0 Å². The van der Waals surface area contributed by atoms with E-state index in [9.17, 15) is 9.59 Å². The van der Waals surface area contributed by atoms with Crippen LogP contribution >= 0.6 is 11.3 Å². The highest BCUT2D eigenvalue weighted by molar-refractivity contribution is 7.22. The lowest BCUT2D eigenvalue weighted by Gasteiger charge is -2.19. The molecule has 0 N–H and O–H groups in total. The first-order chi connectivity index (χ1) is 14.5. The lowest BCUT2D eigenvalue weighted by molar-refractivity contribution is -0.131. The highest BCUT2D eigenvalue weighted by Crippen LogP contribution is 2.35. The fourth-order valence-electron chi connectivity index (χ4n) is 3.53. The van der Waals surface area contributed by atoms with E-state index in [1.165, 1.54) is 22.2 Å². The van der Waals surface area contributed by atoms with Gasteiger partial charge >= 0.3 is 0 Å². The molecule has 5 nitrogen and oxygen atoms in total. The zero-order chi connectivity index (χ0) is 21.3. The Hall–Kier alpha value is -3.25. The molecule has 6 heteroatoms. The third kappa shape index (κ3) is 3.78. The van der Waals surface area contributed by atoms with Gasteiger partial charge in [-0.05, 0) is 36.1 Å². The van der Waals surface area contributed by atoms with Gasteiger partial charge in [-0.3, -0.25) is 14.2 Å². The maximum absolute atomic E-state index is 13.1. The van der Waals surface area contributed by atoms with Crippen molar-refractivity contribution in [3.05, 3.63) is 88.0 Å². The second kappa shape index (κ2) is 8.24. The van der Waals surface area contributed by atoms with Gasteiger partial charge in [-0.1, -0.05) is 54.6 Å². The molecule has 2 aromatic heterocycles. The van der Waals surface area contributed by atoms with E-state index < -0.39 is 0 Å². The lowest BCUT2D eigenvalue weighted by Crippen LogP contribution is -2.33. The SMILES string of the molecule is Cc1ccccc1CN(C)C(=O)Cn1cnc2sc(-c3ccccc3)c(C)c2c1=O. The van der Waals surface area contributed by atoms with E-state index in [1.807, 2.05) is 68.4 Å². The van der Waals surface area contributed by atoms with Crippen molar-refractivity contribution in [2.24, 2.45) is 0 Å². The first-order valence-electron chi connectivity index (χ1n) is 9.78. The number of carbonyl (C=O) groups excluding carboxylic acids is 1. The predicted octanol–water partition coefficient (Wildman–Crippen LogP) is 4.40. The van der Waals surface area contributed by atoms with Gasteiger partial charge < -0.3 is 4.90 Å². The van der Waals surface area contributed by atoms with Gasteiger partial charge in [0.15, 0.2) is 0 Å². The van der Waals surface area contributed by atoms with E-state index in [2.05, 4.69) is 4.98 Å². The summed E-state index contributed by atoms with van der Waals surface area (Å²) in [5, 5.41) is 0.593. The maximum Gasteiger partial charge on any atom is 0.262 e. The summed E-state index contributed by atoms with van der Waals surface area (Å²) < 4.78 is 1.41. The minimum Gasteiger partial charge on any atom is -0.340 e. The predicted molar refractivity (Wildman–Crippen MR) is 122 cm³/mol. The van der Waals surface area contributed by atoms with E-state index in [0.717, 1.165) is 27.1 Å². The van der Waals surface area contributed by atoms with Crippen molar-refractivity contribution >= 4 is 27.5 Å². The van der Waals surface area contributed by atoms with Gasteiger partial charge in [-0.2, -0.15) is 0 Å². The Morgan fingerprint density at radius 3 is 2.50 bits per heavy atom. The molecule has 2 aromatic carbocycles. The number of hydrogen-bond acceptors (Lipinski definition) is 4. The minimum absolute atomic E-state index is 0.0277. The fraction of sp³-hybridized carbons (Fsp3) is 0.208. The molecular weight excluding hydrogens is 394 g/mol. The molecule has 0 aliphatic carbocycles. The summed E-state index contributed by atoms with van der Waals surface area (Å²) in [7, 11) is 1.76. The Morgan fingerprint density at radius 2 is 1.77 bits per heavy atom. The molecule has 0 atom stereocenters. The van der Waals surface area contributed by atoms with Crippen LogP contribution in [0.3, 0.4) is 0 Å². The van der Waals surface area contributed by atoms with Crippen molar-refractivity contribution in [2.45, 2.75) is 26.9 Å². The Balaban J connectivity index is 1.61. The number of thiophene rings is 1. The number of nitrogens with zero attached hydrogens (tertiary/aromatic N) is 3. The molecule has 2 heterocycles. The van der Waals surface area contributed by atoms with Crippen LogP contribution < -0.4 is 5.56 Å². The second-order valence-electron chi connectivity index (χ2n) is 7.46. The number of rotatable bonds is 5. The smallest absolute Gasteiger partial charge is 0.262 e. The van der Waals surface area contributed by atoms with Crippen LogP contribution in [0.15, 0.2) is 65.7 Å². The average Bonchev–Trinajstić information content (AvgIpc) is 3.09. The van der Waals surface area contributed by atoms with Gasteiger partial charge in [0, 0.05) is 18.5 Å². The second-order valence-corrected chi connectivity index (χ2v) is 8.46. The van der Waals surface area contributed by atoms with Crippen LogP contribution in [0.25, 0.3) is 20.7 Å². The fourth-order valence-corrected chi connectivity index (χ4v) is 4.68. The van der Waals surface area contributed by atoms with Crippen molar-refractivity contribution in [1.82, 2.24) is 14.5 Å². The quantitative estimate of drug-likeness (QED) is 0.484. The minimum atomic E-state index is -0.173. The maximum atomic E-state index is 13.1. The number of aryl methyl sites for hydroxylation is 2. The molecule has 0 fully saturated rings. The molecule has 0 saturated carbocycles. The third-order valence-corrected chi connectivity index (χ3v) is 6.60. The lowest BCUT2D eigenvalue weighted by atomic mass is 10.1. The van der Waals surface area contributed by atoms with Crippen molar-refractivity contribution in [1.29, 1.82) is 0 Å². The van der Waals surface area contributed by atoms with Crippen molar-refractivity contribution in [2.75, 3.05) is 7.05 Å². The van der Waals surface area contributed by atoms with Crippen LogP contribution in [0.5, 0.6) is 0 Å². The average molecular weight is 418 g/mol. The van der Waals surface area contributed by atoms with Gasteiger partial charge in [0.1, 0.15) is 11.4 Å². The topological polar surface area (TPSA) is 55.2 Å². The van der Waals surface area contributed by atoms with Gasteiger partial charge in [-0.25, -0.2) is 4.98 Å². The number of benzene rings is 2. The standard InChI is InChI=1S/C24H23N3O2S/c1-16-9-7-8-12-19(16)13-26(3)20(28)14-27-15-25-23-21(24(27)29)17(2)22(30-23)18-10-5-4-6-11-18/h4-12,15H,13-14H2,1-3H3. The van der Waals surface area contributed by atoms with Gasteiger partial charge in [0.2, 0.25) is 5.91 Å². The normalized spacial score (nSPS) is 11.0. The van der Waals surface area contributed by atoms with Gasteiger partial charge in [0.05, 0.1) is 11.7 Å². The van der Waals surface area contributed by atoms with E-state index in [0.29, 0.717) is 16.8 Å². The summed E-state index contributed by atoms with van der Waals surface area (Å²) in [6, 6.07) is 18.0. The van der Waals surface area contributed by atoms with Crippen molar-refractivity contribution < 1.29 is 4.79 Å². The number of carbonyl (C=O) groups is 1. The molecule has 0 unspecified atom stereocenters. The van der Waals surface area contributed by atoms with E-state index in [-0.39, 0.29) is 18.0 Å². The Kier molecular flexibility index (Phi) is 5.50. The molecule has 4 rings (SSSR count). The van der Waals surface area contributed by atoms with Crippen LogP contribution in [0.1, 0.15) is 16.7 Å². The molecule has 0 saturated heterocycles. The number of likely N-dealkylation sites (N-methyl/N-ethyl adjacent to an activating group) is 1. The molecule has 1 amide bonds. The molecule has 0 aliphatic rings. The zero-order valence-electron chi connectivity index (χ0n) is 17.3. The number of hydrogen-bond donors (Lipinski definition) is 0. The van der Waals surface area contributed by atoms with E-state index in [1.54, 1.807) is 11.9 Å². The summed E-state index contributed by atoms with van der Waals surface area (Å²) in [6.07, 6.45) is 1.48.